The number of ether oxygens (including phenoxy) is 1. The lowest BCUT2D eigenvalue weighted by Crippen LogP contribution is -2.17. The molecule has 0 saturated carbocycles. The second kappa shape index (κ2) is 6.87. The van der Waals surface area contributed by atoms with Gasteiger partial charge >= 0.3 is 6.09 Å². The highest BCUT2D eigenvalue weighted by atomic mass is 32.1. The summed E-state index contributed by atoms with van der Waals surface area (Å²) in [6.07, 6.45) is -0.307. The van der Waals surface area contributed by atoms with E-state index in [-0.39, 0.29) is 5.82 Å². The van der Waals surface area contributed by atoms with Crippen LogP contribution in [0.4, 0.5) is 14.9 Å². The first-order valence-electron chi connectivity index (χ1n) is 7.10. The average molecular weight is 322 g/mol. The summed E-state index contributed by atoms with van der Waals surface area (Å²) in [5.74, 6) is -0.336. The number of hydrogen-bond acceptors (Lipinski definition) is 4. The van der Waals surface area contributed by atoms with Gasteiger partial charge in [-0.3, -0.25) is 5.32 Å². The molecule has 0 bridgehead atoms. The van der Waals surface area contributed by atoms with Crippen molar-refractivity contribution < 1.29 is 13.9 Å². The van der Waals surface area contributed by atoms with Gasteiger partial charge in [0, 0.05) is 4.88 Å². The normalized spacial score (nSPS) is 12.0. The van der Waals surface area contributed by atoms with Gasteiger partial charge in [0.2, 0.25) is 0 Å². The van der Waals surface area contributed by atoms with Crippen LogP contribution in [0.5, 0.6) is 0 Å². The van der Waals surface area contributed by atoms with Crippen LogP contribution in [0, 0.1) is 19.7 Å². The molecule has 0 saturated heterocycles. The summed E-state index contributed by atoms with van der Waals surface area (Å²) >= 11 is 1.37. The first kappa shape index (κ1) is 16.4. The number of halogens is 1. The molecule has 0 fully saturated rings. The quantitative estimate of drug-likeness (QED) is 0.882. The van der Waals surface area contributed by atoms with Crippen LogP contribution in [0.1, 0.15) is 41.6 Å². The van der Waals surface area contributed by atoms with Gasteiger partial charge in [-0.05, 0) is 62.0 Å². The Morgan fingerprint density at radius 2 is 2.14 bits per heavy atom. The van der Waals surface area contributed by atoms with Crippen molar-refractivity contribution >= 4 is 23.3 Å². The van der Waals surface area contributed by atoms with Crippen molar-refractivity contribution in [2.24, 2.45) is 0 Å². The van der Waals surface area contributed by atoms with E-state index in [1.54, 1.807) is 19.9 Å². The third-order valence-corrected chi connectivity index (χ3v) is 4.38. The molecule has 0 aliphatic rings. The monoisotopic (exact) mass is 322 g/mol. The van der Waals surface area contributed by atoms with Crippen LogP contribution in [-0.4, -0.2) is 10.5 Å². The number of carbonyl (C=O) groups is 1. The second-order valence-electron chi connectivity index (χ2n) is 5.15. The molecule has 2 rings (SSSR count). The number of hydrogen-bond donors (Lipinski definition) is 1. The Hall–Kier alpha value is -1.95. The maximum atomic E-state index is 13.4. The van der Waals surface area contributed by atoms with E-state index < -0.39 is 12.2 Å². The number of amides is 1. The zero-order valence-electron chi connectivity index (χ0n) is 13.1. The van der Waals surface area contributed by atoms with Crippen molar-refractivity contribution in [1.29, 1.82) is 0 Å². The zero-order valence-corrected chi connectivity index (χ0v) is 13.9. The number of nitrogens with zero attached hydrogens (tertiary/aromatic N) is 1. The number of benzene rings is 1. The summed E-state index contributed by atoms with van der Waals surface area (Å²) in [5, 5.41) is 2.73. The maximum Gasteiger partial charge on any atom is 0.412 e. The number of anilines is 1. The Balaban J connectivity index is 2.06. The molecule has 1 atom stereocenters. The number of nitrogens with one attached hydrogen (secondary N) is 1. The van der Waals surface area contributed by atoms with E-state index in [4.69, 9.17) is 4.74 Å². The SMILES string of the molecule is CCc1snc(C)c1NC(=O)OC(C)c1cc(C)cc(F)c1. The lowest BCUT2D eigenvalue weighted by atomic mass is 10.1. The van der Waals surface area contributed by atoms with E-state index in [9.17, 15) is 9.18 Å². The summed E-state index contributed by atoms with van der Waals surface area (Å²) in [5.41, 5.74) is 2.90. The van der Waals surface area contributed by atoms with Crippen LogP contribution in [0.3, 0.4) is 0 Å². The van der Waals surface area contributed by atoms with Gasteiger partial charge in [0.05, 0.1) is 11.4 Å². The Bertz CT molecular complexity index is 665. The zero-order chi connectivity index (χ0) is 16.3. The van der Waals surface area contributed by atoms with Gasteiger partial charge in [-0.25, -0.2) is 9.18 Å². The van der Waals surface area contributed by atoms with Crippen molar-refractivity contribution in [3.63, 3.8) is 0 Å². The van der Waals surface area contributed by atoms with Gasteiger partial charge in [-0.1, -0.05) is 13.0 Å². The van der Waals surface area contributed by atoms with Crippen LogP contribution >= 0.6 is 11.5 Å². The van der Waals surface area contributed by atoms with E-state index in [1.165, 1.54) is 23.7 Å². The molecule has 6 heteroatoms. The summed E-state index contributed by atoms with van der Waals surface area (Å²) in [4.78, 5) is 13.0. The molecular weight excluding hydrogens is 303 g/mol. The maximum absolute atomic E-state index is 13.4. The third kappa shape index (κ3) is 3.82. The van der Waals surface area contributed by atoms with Crippen LogP contribution in [0.15, 0.2) is 18.2 Å². The molecule has 0 radical (unpaired) electrons. The van der Waals surface area contributed by atoms with E-state index in [0.717, 1.165) is 22.6 Å². The molecule has 1 N–H and O–H groups in total. The molecule has 118 valence electrons. The molecule has 1 aromatic carbocycles. The fraction of sp³-hybridized carbons (Fsp3) is 0.375. The van der Waals surface area contributed by atoms with Crippen molar-refractivity contribution in [1.82, 2.24) is 4.37 Å². The van der Waals surface area contributed by atoms with Gasteiger partial charge in [-0.2, -0.15) is 4.37 Å². The van der Waals surface area contributed by atoms with E-state index in [1.807, 2.05) is 13.8 Å². The number of aryl methyl sites for hydroxylation is 3. The van der Waals surface area contributed by atoms with Crippen LogP contribution in [-0.2, 0) is 11.2 Å². The standard InChI is InChI=1S/C16H19FN2O2S/c1-5-14-15(10(3)19-22-14)18-16(20)21-11(4)12-6-9(2)7-13(17)8-12/h6-8,11H,5H2,1-4H3,(H,18,20). The van der Waals surface area contributed by atoms with E-state index >= 15 is 0 Å². The molecule has 2 aromatic rings. The van der Waals surface area contributed by atoms with Gasteiger partial charge in [0.1, 0.15) is 11.9 Å². The number of rotatable bonds is 4. The highest BCUT2D eigenvalue weighted by Gasteiger charge is 2.16. The minimum Gasteiger partial charge on any atom is -0.441 e. The Morgan fingerprint density at radius 1 is 1.41 bits per heavy atom. The van der Waals surface area contributed by atoms with Gasteiger partial charge < -0.3 is 4.74 Å². The van der Waals surface area contributed by atoms with Gasteiger partial charge in [0.15, 0.2) is 0 Å². The summed E-state index contributed by atoms with van der Waals surface area (Å²) in [6, 6.07) is 4.61. The smallest absolute Gasteiger partial charge is 0.412 e. The van der Waals surface area contributed by atoms with Crippen LogP contribution in [0.25, 0.3) is 0 Å². The molecule has 1 amide bonds. The molecule has 0 aliphatic carbocycles. The first-order valence-corrected chi connectivity index (χ1v) is 7.88. The number of aromatic nitrogens is 1. The van der Waals surface area contributed by atoms with Crippen molar-refractivity contribution in [2.75, 3.05) is 5.32 Å². The van der Waals surface area contributed by atoms with Crippen molar-refractivity contribution in [3.05, 3.63) is 45.7 Å². The highest BCUT2D eigenvalue weighted by molar-refractivity contribution is 7.06. The van der Waals surface area contributed by atoms with Crippen LogP contribution < -0.4 is 5.32 Å². The largest absolute Gasteiger partial charge is 0.441 e. The fourth-order valence-corrected chi connectivity index (χ4v) is 2.94. The summed E-state index contributed by atoms with van der Waals surface area (Å²) < 4.78 is 23.0. The average Bonchev–Trinajstić information content (AvgIpc) is 2.78. The highest BCUT2D eigenvalue weighted by Crippen LogP contribution is 2.26. The second-order valence-corrected chi connectivity index (χ2v) is 6.01. The lowest BCUT2D eigenvalue weighted by molar-refractivity contribution is 0.121. The van der Waals surface area contributed by atoms with E-state index in [2.05, 4.69) is 9.69 Å². The molecule has 22 heavy (non-hydrogen) atoms. The molecule has 4 nitrogen and oxygen atoms in total. The van der Waals surface area contributed by atoms with E-state index in [0.29, 0.717) is 11.3 Å². The Morgan fingerprint density at radius 3 is 2.77 bits per heavy atom. The summed E-state index contributed by atoms with van der Waals surface area (Å²) in [7, 11) is 0. The van der Waals surface area contributed by atoms with Crippen LogP contribution in [0.2, 0.25) is 0 Å². The van der Waals surface area contributed by atoms with Crippen molar-refractivity contribution in [3.8, 4) is 0 Å². The topological polar surface area (TPSA) is 51.2 Å². The Kier molecular flexibility index (Phi) is 5.13. The predicted molar refractivity (Wildman–Crippen MR) is 85.9 cm³/mol. The molecule has 0 spiro atoms. The van der Waals surface area contributed by atoms with Gasteiger partial charge in [-0.15, -0.1) is 0 Å². The molecule has 0 aliphatic heterocycles. The summed E-state index contributed by atoms with van der Waals surface area (Å²) in [6.45, 7) is 7.35. The molecule has 1 aromatic heterocycles. The fourth-order valence-electron chi connectivity index (χ4n) is 2.18. The first-order chi connectivity index (χ1) is 10.4. The van der Waals surface area contributed by atoms with Crippen molar-refractivity contribution in [2.45, 2.75) is 40.2 Å². The lowest BCUT2D eigenvalue weighted by Gasteiger charge is -2.15. The molecule has 1 heterocycles. The minimum absolute atomic E-state index is 0.336. The Labute approximate surface area is 133 Å². The predicted octanol–water partition coefficient (Wildman–Crippen LogP) is 4.77. The molecule has 1 unspecified atom stereocenters. The molecular formula is C16H19FN2O2S. The van der Waals surface area contributed by atoms with Gasteiger partial charge in [0.25, 0.3) is 0 Å². The minimum atomic E-state index is -0.563. The third-order valence-electron chi connectivity index (χ3n) is 3.30. The number of carbonyl (C=O) groups excluding carboxylic acids is 1.